The number of carbonyl (C=O) groups excluding carboxylic acids is 1. The fourth-order valence-corrected chi connectivity index (χ4v) is 2.59. The van der Waals surface area contributed by atoms with Crippen LogP contribution in [0.25, 0.3) is 22.4 Å². The standard InChI is InChI=1S/C20H21FN4O/c1-4-19(26)23-18-11-15(9-10-22-18)17-12-25(13(2)3)24-20(17)14-5-7-16(21)8-6-14/h5-13H,4H2,1-3H3,(H,22,23,26). The monoisotopic (exact) mass is 352 g/mol. The quantitative estimate of drug-likeness (QED) is 0.725. The van der Waals surface area contributed by atoms with Crippen LogP contribution in [0.3, 0.4) is 0 Å². The molecule has 0 unspecified atom stereocenters. The second-order valence-corrected chi connectivity index (χ2v) is 6.30. The molecule has 1 N–H and O–H groups in total. The van der Waals surface area contributed by atoms with Gasteiger partial charge in [0.1, 0.15) is 17.3 Å². The molecule has 26 heavy (non-hydrogen) atoms. The van der Waals surface area contributed by atoms with Gasteiger partial charge in [0, 0.05) is 36.0 Å². The SMILES string of the molecule is CCC(=O)Nc1cc(-c2cn(C(C)C)nc2-c2ccc(F)cc2)ccn1. The van der Waals surface area contributed by atoms with Crippen LogP contribution in [0.5, 0.6) is 0 Å². The van der Waals surface area contributed by atoms with Gasteiger partial charge in [-0.1, -0.05) is 6.92 Å². The first-order chi connectivity index (χ1) is 12.5. The third kappa shape index (κ3) is 3.79. The zero-order valence-corrected chi connectivity index (χ0v) is 15.0. The summed E-state index contributed by atoms with van der Waals surface area (Å²) >= 11 is 0. The van der Waals surface area contributed by atoms with Gasteiger partial charge in [0.15, 0.2) is 0 Å². The second kappa shape index (κ2) is 7.47. The molecule has 2 aromatic heterocycles. The van der Waals surface area contributed by atoms with E-state index in [1.54, 1.807) is 25.3 Å². The highest BCUT2D eigenvalue weighted by Gasteiger charge is 2.15. The number of rotatable bonds is 5. The first-order valence-electron chi connectivity index (χ1n) is 8.59. The van der Waals surface area contributed by atoms with Gasteiger partial charge in [0.05, 0.1) is 0 Å². The molecule has 1 amide bonds. The van der Waals surface area contributed by atoms with Crippen LogP contribution in [0.4, 0.5) is 10.2 Å². The largest absolute Gasteiger partial charge is 0.311 e. The molecule has 6 heteroatoms. The zero-order valence-electron chi connectivity index (χ0n) is 15.0. The van der Waals surface area contributed by atoms with Crippen molar-refractivity contribution >= 4 is 11.7 Å². The van der Waals surface area contributed by atoms with Gasteiger partial charge in [0.25, 0.3) is 0 Å². The van der Waals surface area contributed by atoms with Crippen LogP contribution in [-0.2, 0) is 4.79 Å². The highest BCUT2D eigenvalue weighted by molar-refractivity contribution is 5.90. The number of halogens is 1. The van der Waals surface area contributed by atoms with E-state index in [1.807, 2.05) is 36.9 Å². The van der Waals surface area contributed by atoms with Crippen LogP contribution in [0.1, 0.15) is 33.2 Å². The van der Waals surface area contributed by atoms with Gasteiger partial charge in [-0.2, -0.15) is 5.10 Å². The van der Waals surface area contributed by atoms with Crippen molar-refractivity contribution in [2.24, 2.45) is 0 Å². The summed E-state index contributed by atoms with van der Waals surface area (Å²) in [4.78, 5) is 15.8. The van der Waals surface area contributed by atoms with Crippen LogP contribution in [-0.4, -0.2) is 20.7 Å². The van der Waals surface area contributed by atoms with Crippen molar-refractivity contribution in [2.45, 2.75) is 33.2 Å². The Bertz CT molecular complexity index is 916. The van der Waals surface area contributed by atoms with Crippen molar-refractivity contribution in [2.75, 3.05) is 5.32 Å². The van der Waals surface area contributed by atoms with E-state index in [-0.39, 0.29) is 17.8 Å². The van der Waals surface area contributed by atoms with Crippen LogP contribution >= 0.6 is 0 Å². The van der Waals surface area contributed by atoms with Gasteiger partial charge < -0.3 is 5.32 Å². The molecule has 0 aliphatic carbocycles. The predicted molar refractivity (Wildman–Crippen MR) is 100 cm³/mol. The fraction of sp³-hybridized carbons (Fsp3) is 0.250. The predicted octanol–water partition coefficient (Wildman–Crippen LogP) is 4.68. The maximum Gasteiger partial charge on any atom is 0.225 e. The Kier molecular flexibility index (Phi) is 5.11. The molecule has 0 saturated carbocycles. The van der Waals surface area contributed by atoms with Crippen molar-refractivity contribution in [1.82, 2.24) is 14.8 Å². The molecule has 3 aromatic rings. The molecule has 3 rings (SSSR count). The number of nitrogens with one attached hydrogen (secondary N) is 1. The van der Waals surface area contributed by atoms with Gasteiger partial charge in [-0.15, -0.1) is 0 Å². The highest BCUT2D eigenvalue weighted by atomic mass is 19.1. The molecule has 2 heterocycles. The summed E-state index contributed by atoms with van der Waals surface area (Å²) in [5.74, 6) is 0.120. The molecular weight excluding hydrogens is 331 g/mol. The zero-order chi connectivity index (χ0) is 18.7. The van der Waals surface area contributed by atoms with Gasteiger partial charge in [-0.3, -0.25) is 9.48 Å². The fourth-order valence-electron chi connectivity index (χ4n) is 2.59. The minimum atomic E-state index is -0.285. The number of anilines is 1. The molecular formula is C20H21FN4O. The van der Waals surface area contributed by atoms with E-state index in [0.717, 1.165) is 22.4 Å². The molecule has 1 aromatic carbocycles. The summed E-state index contributed by atoms with van der Waals surface area (Å²) < 4.78 is 15.2. The Morgan fingerprint density at radius 3 is 2.58 bits per heavy atom. The lowest BCUT2D eigenvalue weighted by atomic mass is 10.0. The summed E-state index contributed by atoms with van der Waals surface area (Å²) in [6, 6.07) is 10.2. The first kappa shape index (κ1) is 17.8. The van der Waals surface area contributed by atoms with Crippen LogP contribution in [0.2, 0.25) is 0 Å². The molecule has 134 valence electrons. The highest BCUT2D eigenvalue weighted by Crippen LogP contribution is 2.32. The topological polar surface area (TPSA) is 59.8 Å². The normalized spacial score (nSPS) is 11.0. The Hall–Kier alpha value is -3.02. The average Bonchev–Trinajstić information content (AvgIpc) is 3.08. The van der Waals surface area contributed by atoms with E-state index < -0.39 is 0 Å². The van der Waals surface area contributed by atoms with Crippen molar-refractivity contribution < 1.29 is 9.18 Å². The molecule has 0 radical (unpaired) electrons. The van der Waals surface area contributed by atoms with E-state index in [1.165, 1.54) is 12.1 Å². The Morgan fingerprint density at radius 1 is 1.19 bits per heavy atom. The summed E-state index contributed by atoms with van der Waals surface area (Å²) in [7, 11) is 0. The van der Waals surface area contributed by atoms with E-state index in [2.05, 4.69) is 15.4 Å². The second-order valence-electron chi connectivity index (χ2n) is 6.30. The van der Waals surface area contributed by atoms with Crippen molar-refractivity contribution in [1.29, 1.82) is 0 Å². The van der Waals surface area contributed by atoms with Gasteiger partial charge in [0.2, 0.25) is 5.91 Å². The number of hydrogen-bond donors (Lipinski definition) is 1. The lowest BCUT2D eigenvalue weighted by Crippen LogP contribution is -2.10. The lowest BCUT2D eigenvalue weighted by Gasteiger charge is -2.06. The van der Waals surface area contributed by atoms with Gasteiger partial charge in [-0.05, 0) is 55.8 Å². The number of pyridine rings is 1. The summed E-state index contributed by atoms with van der Waals surface area (Å²) in [6.45, 7) is 5.88. The molecule has 0 saturated heterocycles. The molecule has 0 atom stereocenters. The molecule has 0 bridgehead atoms. The molecule has 0 aliphatic rings. The number of benzene rings is 1. The Labute approximate surface area is 151 Å². The molecule has 0 fully saturated rings. The minimum Gasteiger partial charge on any atom is -0.311 e. The minimum absolute atomic E-state index is 0.0914. The first-order valence-corrected chi connectivity index (χ1v) is 8.59. The number of nitrogens with zero attached hydrogens (tertiary/aromatic N) is 3. The van der Waals surface area contributed by atoms with Crippen molar-refractivity contribution in [3.05, 3.63) is 54.6 Å². The number of aromatic nitrogens is 3. The van der Waals surface area contributed by atoms with E-state index in [9.17, 15) is 9.18 Å². The van der Waals surface area contributed by atoms with Gasteiger partial charge in [-0.25, -0.2) is 9.37 Å². The molecule has 0 spiro atoms. The lowest BCUT2D eigenvalue weighted by molar-refractivity contribution is -0.115. The Morgan fingerprint density at radius 2 is 1.92 bits per heavy atom. The third-order valence-electron chi connectivity index (χ3n) is 4.04. The van der Waals surface area contributed by atoms with E-state index in [0.29, 0.717) is 12.2 Å². The summed E-state index contributed by atoms with van der Waals surface area (Å²) in [5, 5.41) is 7.45. The number of hydrogen-bond acceptors (Lipinski definition) is 3. The average molecular weight is 352 g/mol. The summed E-state index contributed by atoms with van der Waals surface area (Å²) in [6.07, 6.45) is 4.00. The van der Waals surface area contributed by atoms with Crippen LogP contribution in [0.15, 0.2) is 48.8 Å². The summed E-state index contributed by atoms with van der Waals surface area (Å²) in [5.41, 5.74) is 3.38. The van der Waals surface area contributed by atoms with E-state index >= 15 is 0 Å². The van der Waals surface area contributed by atoms with Crippen molar-refractivity contribution in [3.8, 4) is 22.4 Å². The van der Waals surface area contributed by atoms with Crippen molar-refractivity contribution in [3.63, 3.8) is 0 Å². The molecule has 5 nitrogen and oxygen atoms in total. The molecule has 0 aliphatic heterocycles. The van der Waals surface area contributed by atoms with Crippen LogP contribution in [0, 0.1) is 5.82 Å². The Balaban J connectivity index is 2.08. The van der Waals surface area contributed by atoms with Crippen LogP contribution < -0.4 is 5.32 Å². The smallest absolute Gasteiger partial charge is 0.225 e. The maximum absolute atomic E-state index is 13.3. The van der Waals surface area contributed by atoms with Gasteiger partial charge >= 0.3 is 0 Å². The number of amides is 1. The maximum atomic E-state index is 13.3. The third-order valence-corrected chi connectivity index (χ3v) is 4.04. The number of carbonyl (C=O) groups is 1. The van der Waals surface area contributed by atoms with E-state index in [4.69, 9.17) is 0 Å².